The highest BCUT2D eigenvalue weighted by Crippen LogP contribution is 2.15. The molecule has 0 fully saturated rings. The fourth-order valence-electron chi connectivity index (χ4n) is 1.59. The van der Waals surface area contributed by atoms with Gasteiger partial charge in [0, 0.05) is 18.7 Å². The fraction of sp³-hybridized carbons (Fsp3) is 0.308. The number of amides is 1. The maximum atomic E-state index is 11.2. The summed E-state index contributed by atoms with van der Waals surface area (Å²) >= 11 is 5.95. The normalized spacial score (nSPS) is 11.9. The number of carbonyl (C=O) groups is 1. The van der Waals surface area contributed by atoms with E-state index in [1.165, 1.54) is 16.9 Å². The van der Waals surface area contributed by atoms with Crippen LogP contribution in [0.15, 0.2) is 43.0 Å². The van der Waals surface area contributed by atoms with E-state index in [2.05, 4.69) is 6.58 Å². The first kappa shape index (κ1) is 12.8. The molecule has 0 heterocycles. The van der Waals surface area contributed by atoms with Gasteiger partial charge >= 0.3 is 0 Å². The molecule has 1 rings (SSSR count). The maximum Gasteiger partial charge on any atom is 0.234 e. The quantitative estimate of drug-likeness (QED) is 0.569. The lowest BCUT2D eigenvalue weighted by Gasteiger charge is -2.23. The van der Waals surface area contributed by atoms with Crippen LogP contribution in [-0.2, 0) is 11.2 Å². The zero-order chi connectivity index (χ0) is 12.0. The third kappa shape index (κ3) is 3.70. The molecule has 0 radical (unpaired) electrons. The molecular formula is C13H16ClNO. The van der Waals surface area contributed by atoms with Gasteiger partial charge in [-0.05, 0) is 18.4 Å². The first-order chi connectivity index (χ1) is 7.65. The molecule has 2 nitrogen and oxygen atoms in total. The molecule has 1 atom stereocenters. The summed E-state index contributed by atoms with van der Waals surface area (Å²) in [5, 5.41) is 0. The minimum absolute atomic E-state index is 0.0286. The van der Waals surface area contributed by atoms with E-state index < -0.39 is 0 Å². The van der Waals surface area contributed by atoms with E-state index in [0.29, 0.717) is 6.42 Å². The second-order valence-electron chi connectivity index (χ2n) is 3.70. The minimum atomic E-state index is -0.135. The molecule has 16 heavy (non-hydrogen) atoms. The Hall–Kier alpha value is -1.28. The number of rotatable bonds is 5. The highest BCUT2D eigenvalue weighted by molar-refractivity contribution is 6.21. The topological polar surface area (TPSA) is 20.3 Å². The number of hydrogen-bond acceptors (Lipinski definition) is 1. The monoisotopic (exact) mass is 237 g/mol. The number of nitrogens with zero attached hydrogens (tertiary/aromatic N) is 1. The highest BCUT2D eigenvalue weighted by Gasteiger charge is 2.18. The smallest absolute Gasteiger partial charge is 0.234 e. The van der Waals surface area contributed by atoms with Gasteiger partial charge in [-0.3, -0.25) is 9.21 Å². The second-order valence-corrected chi connectivity index (χ2v) is 4.06. The standard InChI is InChI=1S/C13H16ClNO/c1-3-7-13(15(14)11(2)16)10-12-8-5-4-6-9-12/h3-6,8-9,13H,1,7,10H2,2H3. The number of halogens is 1. The van der Waals surface area contributed by atoms with Gasteiger partial charge in [-0.1, -0.05) is 36.4 Å². The molecule has 0 saturated carbocycles. The van der Waals surface area contributed by atoms with Crippen LogP contribution in [0.4, 0.5) is 0 Å². The summed E-state index contributed by atoms with van der Waals surface area (Å²) in [5.41, 5.74) is 1.17. The lowest BCUT2D eigenvalue weighted by Crippen LogP contribution is -2.32. The molecule has 0 N–H and O–H groups in total. The number of carbonyl (C=O) groups excluding carboxylic acids is 1. The van der Waals surface area contributed by atoms with Crippen LogP contribution in [0.2, 0.25) is 0 Å². The van der Waals surface area contributed by atoms with Crippen molar-refractivity contribution in [2.45, 2.75) is 25.8 Å². The van der Waals surface area contributed by atoms with Crippen molar-refractivity contribution < 1.29 is 4.79 Å². The molecule has 0 bridgehead atoms. The van der Waals surface area contributed by atoms with Gasteiger partial charge in [0.15, 0.2) is 0 Å². The van der Waals surface area contributed by atoms with Crippen LogP contribution >= 0.6 is 11.8 Å². The third-order valence-electron chi connectivity index (χ3n) is 2.37. The number of benzene rings is 1. The fourth-order valence-corrected chi connectivity index (χ4v) is 1.74. The Morgan fingerprint density at radius 2 is 2.12 bits per heavy atom. The predicted octanol–water partition coefficient (Wildman–Crippen LogP) is 3.18. The van der Waals surface area contributed by atoms with E-state index in [-0.39, 0.29) is 11.9 Å². The molecule has 1 amide bonds. The molecule has 0 aliphatic carbocycles. The van der Waals surface area contributed by atoms with Crippen LogP contribution in [0, 0.1) is 0 Å². The zero-order valence-corrected chi connectivity index (χ0v) is 10.2. The van der Waals surface area contributed by atoms with Crippen LogP contribution in [0.1, 0.15) is 18.9 Å². The van der Waals surface area contributed by atoms with Gasteiger partial charge in [0.2, 0.25) is 5.91 Å². The molecule has 1 aromatic rings. The third-order valence-corrected chi connectivity index (χ3v) is 2.89. The van der Waals surface area contributed by atoms with Gasteiger partial charge in [0.1, 0.15) is 0 Å². The minimum Gasteiger partial charge on any atom is -0.274 e. The van der Waals surface area contributed by atoms with E-state index in [1.54, 1.807) is 6.08 Å². The SMILES string of the molecule is C=CCC(Cc1ccccc1)N(Cl)C(C)=O. The zero-order valence-electron chi connectivity index (χ0n) is 9.40. The van der Waals surface area contributed by atoms with Crippen molar-refractivity contribution in [2.75, 3.05) is 0 Å². The van der Waals surface area contributed by atoms with E-state index >= 15 is 0 Å². The Morgan fingerprint density at radius 1 is 1.50 bits per heavy atom. The molecule has 0 aliphatic heterocycles. The maximum absolute atomic E-state index is 11.2. The molecular weight excluding hydrogens is 222 g/mol. The average molecular weight is 238 g/mol. The van der Waals surface area contributed by atoms with Gasteiger partial charge in [-0.15, -0.1) is 6.58 Å². The lowest BCUT2D eigenvalue weighted by molar-refractivity contribution is -0.125. The summed E-state index contributed by atoms with van der Waals surface area (Å²) in [7, 11) is 0. The van der Waals surface area contributed by atoms with Gasteiger partial charge in [-0.25, -0.2) is 0 Å². The second kappa shape index (κ2) is 6.33. The average Bonchev–Trinajstić information content (AvgIpc) is 2.29. The van der Waals surface area contributed by atoms with Crippen molar-refractivity contribution in [1.29, 1.82) is 0 Å². The van der Waals surface area contributed by atoms with Crippen molar-refractivity contribution in [2.24, 2.45) is 0 Å². The molecule has 0 spiro atoms. The Labute approximate surface area is 102 Å². The van der Waals surface area contributed by atoms with Crippen LogP contribution in [0.3, 0.4) is 0 Å². The summed E-state index contributed by atoms with van der Waals surface area (Å²) in [6.07, 6.45) is 3.22. The van der Waals surface area contributed by atoms with Crippen molar-refractivity contribution >= 4 is 17.7 Å². The molecule has 1 unspecified atom stereocenters. The summed E-state index contributed by atoms with van der Waals surface area (Å²) in [6, 6.07) is 9.95. The molecule has 0 saturated heterocycles. The summed E-state index contributed by atoms with van der Waals surface area (Å²) < 4.78 is 1.26. The van der Waals surface area contributed by atoms with Crippen LogP contribution < -0.4 is 0 Å². The van der Waals surface area contributed by atoms with Gasteiger partial charge < -0.3 is 0 Å². The lowest BCUT2D eigenvalue weighted by atomic mass is 10.0. The Kier molecular flexibility index (Phi) is 5.06. The predicted molar refractivity (Wildman–Crippen MR) is 67.1 cm³/mol. The molecule has 3 heteroatoms. The molecule has 86 valence electrons. The molecule has 0 aromatic heterocycles. The van der Waals surface area contributed by atoms with E-state index in [4.69, 9.17) is 11.8 Å². The molecule has 1 aromatic carbocycles. The van der Waals surface area contributed by atoms with Crippen LogP contribution in [0.5, 0.6) is 0 Å². The Morgan fingerprint density at radius 3 is 2.62 bits per heavy atom. The van der Waals surface area contributed by atoms with E-state index in [0.717, 1.165) is 6.42 Å². The van der Waals surface area contributed by atoms with Crippen molar-refractivity contribution in [3.05, 3.63) is 48.6 Å². The van der Waals surface area contributed by atoms with Gasteiger partial charge in [0.25, 0.3) is 0 Å². The molecule has 0 aliphatic rings. The highest BCUT2D eigenvalue weighted by atomic mass is 35.5. The Balaban J connectivity index is 2.71. The van der Waals surface area contributed by atoms with Crippen LogP contribution in [-0.4, -0.2) is 16.4 Å². The van der Waals surface area contributed by atoms with Gasteiger partial charge in [0.05, 0.1) is 6.04 Å². The summed E-state index contributed by atoms with van der Waals surface area (Å²) in [5.74, 6) is -0.135. The number of hydrogen-bond donors (Lipinski definition) is 0. The largest absolute Gasteiger partial charge is 0.274 e. The van der Waals surface area contributed by atoms with Gasteiger partial charge in [-0.2, -0.15) is 0 Å². The van der Waals surface area contributed by atoms with E-state index in [1.807, 2.05) is 30.3 Å². The first-order valence-electron chi connectivity index (χ1n) is 5.25. The van der Waals surface area contributed by atoms with Crippen molar-refractivity contribution in [3.8, 4) is 0 Å². The van der Waals surface area contributed by atoms with Crippen molar-refractivity contribution in [1.82, 2.24) is 4.42 Å². The Bertz CT molecular complexity index is 350. The summed E-state index contributed by atoms with van der Waals surface area (Å²) in [4.78, 5) is 11.2. The van der Waals surface area contributed by atoms with Crippen LogP contribution in [0.25, 0.3) is 0 Å². The van der Waals surface area contributed by atoms with E-state index in [9.17, 15) is 4.79 Å². The summed E-state index contributed by atoms with van der Waals surface area (Å²) in [6.45, 7) is 5.15. The van der Waals surface area contributed by atoms with Crippen molar-refractivity contribution in [3.63, 3.8) is 0 Å². The first-order valence-corrected chi connectivity index (χ1v) is 5.59.